The van der Waals surface area contributed by atoms with Crippen LogP contribution >= 0.6 is 0 Å². The molecule has 1 atom stereocenters. The van der Waals surface area contributed by atoms with E-state index < -0.39 is 0 Å². The zero-order chi connectivity index (χ0) is 14.7. The van der Waals surface area contributed by atoms with Crippen LogP contribution in [0.15, 0.2) is 66.9 Å². The molecule has 1 heterocycles. The van der Waals surface area contributed by atoms with E-state index in [1.165, 1.54) is 11.1 Å². The molecule has 3 N–H and O–H groups in total. The summed E-state index contributed by atoms with van der Waals surface area (Å²) in [5.41, 5.74) is 7.41. The number of nitrogens with zero attached hydrogens (tertiary/aromatic N) is 2. The fourth-order valence-corrected chi connectivity index (χ4v) is 2.52. The molecule has 0 radical (unpaired) electrons. The molecule has 0 amide bonds. The number of rotatable bonds is 4. The minimum atomic E-state index is -0.0673. The molecule has 4 nitrogen and oxygen atoms in total. The van der Waals surface area contributed by atoms with E-state index in [0.717, 1.165) is 11.3 Å². The Bertz CT molecular complexity index is 701. The summed E-state index contributed by atoms with van der Waals surface area (Å²) in [5.74, 6) is 5.72. The highest BCUT2D eigenvalue weighted by atomic mass is 15.3. The van der Waals surface area contributed by atoms with E-state index in [4.69, 9.17) is 5.84 Å². The van der Waals surface area contributed by atoms with Crippen molar-refractivity contribution in [3.8, 4) is 11.1 Å². The third-order valence-corrected chi connectivity index (χ3v) is 3.67. The summed E-state index contributed by atoms with van der Waals surface area (Å²) in [4.78, 5) is 0. The van der Waals surface area contributed by atoms with Crippen molar-refractivity contribution in [2.24, 2.45) is 12.9 Å². The van der Waals surface area contributed by atoms with Crippen LogP contribution in [0.2, 0.25) is 0 Å². The molecule has 0 aliphatic carbocycles. The van der Waals surface area contributed by atoms with E-state index in [0.29, 0.717) is 0 Å². The highest BCUT2D eigenvalue weighted by Crippen LogP contribution is 2.24. The lowest BCUT2D eigenvalue weighted by Gasteiger charge is -2.17. The van der Waals surface area contributed by atoms with E-state index in [1.54, 1.807) is 6.20 Å². The first kappa shape index (κ1) is 13.5. The smallest absolute Gasteiger partial charge is 0.0878 e. The van der Waals surface area contributed by atoms with Gasteiger partial charge in [0, 0.05) is 13.2 Å². The maximum Gasteiger partial charge on any atom is 0.0878 e. The maximum atomic E-state index is 5.72. The van der Waals surface area contributed by atoms with E-state index >= 15 is 0 Å². The van der Waals surface area contributed by atoms with Crippen molar-refractivity contribution < 1.29 is 0 Å². The van der Waals surface area contributed by atoms with Gasteiger partial charge in [-0.25, -0.2) is 5.43 Å². The normalized spacial score (nSPS) is 12.3. The number of nitrogens with one attached hydrogen (secondary N) is 1. The van der Waals surface area contributed by atoms with Gasteiger partial charge in [-0.2, -0.15) is 5.10 Å². The van der Waals surface area contributed by atoms with E-state index in [1.807, 2.05) is 36.0 Å². The number of aryl methyl sites for hydroxylation is 1. The molecule has 21 heavy (non-hydrogen) atoms. The SMILES string of the molecule is Cn1nccc1C(NN)c1ccc(-c2ccccc2)cc1. The van der Waals surface area contributed by atoms with Gasteiger partial charge in [0.25, 0.3) is 0 Å². The van der Waals surface area contributed by atoms with Crippen molar-refractivity contribution in [1.82, 2.24) is 15.2 Å². The highest BCUT2D eigenvalue weighted by Gasteiger charge is 2.15. The Balaban J connectivity index is 1.91. The Morgan fingerprint density at radius 1 is 0.952 bits per heavy atom. The lowest BCUT2D eigenvalue weighted by molar-refractivity contribution is 0.575. The van der Waals surface area contributed by atoms with Crippen LogP contribution in [-0.4, -0.2) is 9.78 Å². The summed E-state index contributed by atoms with van der Waals surface area (Å²) in [7, 11) is 1.91. The molecule has 0 spiro atoms. The molecular weight excluding hydrogens is 260 g/mol. The van der Waals surface area contributed by atoms with Gasteiger partial charge in [0.15, 0.2) is 0 Å². The van der Waals surface area contributed by atoms with Crippen molar-refractivity contribution >= 4 is 0 Å². The Morgan fingerprint density at radius 3 is 2.19 bits per heavy atom. The summed E-state index contributed by atoms with van der Waals surface area (Å²) in [6.45, 7) is 0. The van der Waals surface area contributed by atoms with E-state index in [-0.39, 0.29) is 6.04 Å². The predicted octanol–water partition coefficient (Wildman–Crippen LogP) is 2.64. The van der Waals surface area contributed by atoms with Gasteiger partial charge in [-0.1, -0.05) is 54.6 Å². The second-order valence-corrected chi connectivity index (χ2v) is 4.97. The van der Waals surface area contributed by atoms with Gasteiger partial charge in [0.1, 0.15) is 0 Å². The summed E-state index contributed by atoms with van der Waals surface area (Å²) in [5, 5.41) is 4.20. The Labute approximate surface area is 124 Å². The molecule has 106 valence electrons. The average Bonchev–Trinajstić information content (AvgIpc) is 2.96. The standard InChI is InChI=1S/C17H18N4/c1-21-16(11-12-19-21)17(20-18)15-9-7-14(8-10-15)13-5-3-2-4-6-13/h2-12,17,20H,18H2,1H3. The zero-order valence-electron chi connectivity index (χ0n) is 11.9. The zero-order valence-corrected chi connectivity index (χ0v) is 11.9. The van der Waals surface area contributed by atoms with Crippen molar-refractivity contribution in [3.05, 3.63) is 78.1 Å². The van der Waals surface area contributed by atoms with Gasteiger partial charge in [-0.05, 0) is 22.8 Å². The summed E-state index contributed by atoms with van der Waals surface area (Å²) >= 11 is 0. The summed E-state index contributed by atoms with van der Waals surface area (Å²) in [6, 6.07) is 20.7. The number of hydrazine groups is 1. The van der Waals surface area contributed by atoms with Crippen molar-refractivity contribution in [2.75, 3.05) is 0 Å². The minimum absolute atomic E-state index is 0.0673. The number of benzene rings is 2. The highest BCUT2D eigenvalue weighted by molar-refractivity contribution is 5.63. The fourth-order valence-electron chi connectivity index (χ4n) is 2.52. The number of hydrogen-bond donors (Lipinski definition) is 2. The number of nitrogens with two attached hydrogens (primary N) is 1. The van der Waals surface area contributed by atoms with Crippen LogP contribution in [0, 0.1) is 0 Å². The molecule has 0 aliphatic heterocycles. The van der Waals surface area contributed by atoms with Crippen LogP contribution in [0.5, 0.6) is 0 Å². The van der Waals surface area contributed by atoms with Crippen LogP contribution in [0.25, 0.3) is 11.1 Å². The second-order valence-electron chi connectivity index (χ2n) is 4.97. The van der Waals surface area contributed by atoms with Crippen molar-refractivity contribution in [1.29, 1.82) is 0 Å². The lowest BCUT2D eigenvalue weighted by Crippen LogP contribution is -2.30. The molecule has 0 saturated carbocycles. The molecule has 2 aromatic carbocycles. The largest absolute Gasteiger partial charge is 0.271 e. The second kappa shape index (κ2) is 5.91. The van der Waals surface area contributed by atoms with Crippen molar-refractivity contribution in [3.63, 3.8) is 0 Å². The molecule has 3 rings (SSSR count). The van der Waals surface area contributed by atoms with Gasteiger partial charge in [-0.3, -0.25) is 10.5 Å². The van der Waals surface area contributed by atoms with Crippen molar-refractivity contribution in [2.45, 2.75) is 6.04 Å². The van der Waals surface area contributed by atoms with E-state index in [2.05, 4.69) is 46.9 Å². The maximum absolute atomic E-state index is 5.72. The first-order chi connectivity index (χ1) is 10.3. The van der Waals surface area contributed by atoms with Gasteiger partial charge in [-0.15, -0.1) is 0 Å². The summed E-state index contributed by atoms with van der Waals surface area (Å²) in [6.07, 6.45) is 1.78. The molecule has 1 aromatic heterocycles. The molecule has 3 aromatic rings. The molecule has 1 unspecified atom stereocenters. The first-order valence-corrected chi connectivity index (χ1v) is 6.89. The van der Waals surface area contributed by atoms with Crippen LogP contribution in [0.3, 0.4) is 0 Å². The lowest BCUT2D eigenvalue weighted by atomic mass is 9.99. The van der Waals surface area contributed by atoms with Gasteiger partial charge >= 0.3 is 0 Å². The summed E-state index contributed by atoms with van der Waals surface area (Å²) < 4.78 is 1.83. The van der Waals surface area contributed by atoms with Crippen LogP contribution in [0.1, 0.15) is 17.3 Å². The average molecular weight is 278 g/mol. The fraction of sp³-hybridized carbons (Fsp3) is 0.118. The predicted molar refractivity (Wildman–Crippen MR) is 84.3 cm³/mol. The van der Waals surface area contributed by atoms with E-state index in [9.17, 15) is 0 Å². The number of hydrogen-bond acceptors (Lipinski definition) is 3. The van der Waals surface area contributed by atoms with Gasteiger partial charge < -0.3 is 0 Å². The van der Waals surface area contributed by atoms with Gasteiger partial charge in [0.05, 0.1) is 11.7 Å². The molecule has 0 saturated heterocycles. The monoisotopic (exact) mass is 278 g/mol. The molecule has 0 aliphatic rings. The number of aromatic nitrogens is 2. The third kappa shape index (κ3) is 2.72. The Hall–Kier alpha value is -2.43. The quantitative estimate of drug-likeness (QED) is 0.570. The molecular formula is C17H18N4. The van der Waals surface area contributed by atoms with Crippen LogP contribution < -0.4 is 11.3 Å². The topological polar surface area (TPSA) is 55.9 Å². The third-order valence-electron chi connectivity index (χ3n) is 3.67. The van der Waals surface area contributed by atoms with Gasteiger partial charge in [0.2, 0.25) is 0 Å². The molecule has 0 bridgehead atoms. The first-order valence-electron chi connectivity index (χ1n) is 6.89. The Morgan fingerprint density at radius 2 is 1.62 bits per heavy atom. The molecule has 4 heteroatoms. The minimum Gasteiger partial charge on any atom is -0.271 e. The Kier molecular flexibility index (Phi) is 3.81. The van der Waals surface area contributed by atoms with Crippen LogP contribution in [0.4, 0.5) is 0 Å². The molecule has 0 fully saturated rings. The van der Waals surface area contributed by atoms with Crippen LogP contribution in [-0.2, 0) is 7.05 Å².